The quantitative estimate of drug-likeness (QED) is 0.152. The summed E-state index contributed by atoms with van der Waals surface area (Å²) in [5.41, 5.74) is 15.2. The maximum Gasteiger partial charge on any atom is 0.0541 e. The summed E-state index contributed by atoms with van der Waals surface area (Å²) in [7, 11) is 0. The van der Waals surface area contributed by atoms with Crippen LogP contribution in [-0.4, -0.2) is 4.57 Å². The van der Waals surface area contributed by atoms with Gasteiger partial charge in [-0.05, 0) is 130 Å². The molecule has 2 heteroatoms. The van der Waals surface area contributed by atoms with Crippen molar-refractivity contribution in [3.8, 4) is 39.1 Å². The topological polar surface area (TPSA) is 4.93 Å². The second-order valence-electron chi connectivity index (χ2n) is 17.8. The average molecular weight is 868 g/mol. The average Bonchev–Trinajstić information content (AvgIpc) is 3.82. The van der Waals surface area contributed by atoms with Crippen LogP contribution >= 0.6 is 11.3 Å². The molecule has 2 heterocycles. The summed E-state index contributed by atoms with van der Waals surface area (Å²) in [5.74, 6) is 0. The zero-order valence-corrected chi connectivity index (χ0v) is 37.4. The number of thiophene rings is 1. The zero-order valence-electron chi connectivity index (χ0n) is 36.6. The Kier molecular flexibility index (Phi) is 8.59. The summed E-state index contributed by atoms with van der Waals surface area (Å²) in [4.78, 5) is 1.40. The maximum atomic E-state index is 2.45. The largest absolute Gasteiger partial charge is 0.309 e. The molecule has 0 bridgehead atoms. The van der Waals surface area contributed by atoms with E-state index < -0.39 is 0 Å². The lowest BCUT2D eigenvalue weighted by Crippen LogP contribution is -1.96. The third kappa shape index (κ3) is 5.87. The molecule has 1 aliphatic carbocycles. The van der Waals surface area contributed by atoms with E-state index in [0.29, 0.717) is 0 Å². The van der Waals surface area contributed by atoms with Crippen molar-refractivity contribution < 1.29 is 0 Å². The van der Waals surface area contributed by atoms with Crippen LogP contribution in [0.3, 0.4) is 0 Å². The third-order valence-electron chi connectivity index (χ3n) is 14.2. The first-order chi connectivity index (χ1) is 33.3. The van der Waals surface area contributed by atoms with Crippen molar-refractivity contribution in [2.45, 2.75) is 6.42 Å². The van der Waals surface area contributed by atoms with E-state index in [1.54, 1.807) is 0 Å². The molecule has 1 nitrogen and oxygen atoms in total. The van der Waals surface area contributed by atoms with E-state index in [4.69, 9.17) is 0 Å². The molecule has 13 aromatic rings. The van der Waals surface area contributed by atoms with E-state index in [1.165, 1.54) is 136 Å². The van der Waals surface area contributed by atoms with Crippen LogP contribution in [0.1, 0.15) is 16.0 Å². The second-order valence-corrected chi connectivity index (χ2v) is 19.0. The highest BCUT2D eigenvalue weighted by Crippen LogP contribution is 2.48. The fourth-order valence-electron chi connectivity index (χ4n) is 11.4. The number of hydrogen-bond acceptors (Lipinski definition) is 1. The van der Waals surface area contributed by atoms with Gasteiger partial charge in [-0.2, -0.15) is 0 Å². The molecule has 11 aromatic carbocycles. The van der Waals surface area contributed by atoms with Crippen molar-refractivity contribution in [2.75, 3.05) is 0 Å². The molecular weight excluding hydrogens is 827 g/mol. The Labute approximate surface area is 392 Å². The molecule has 0 atom stereocenters. The number of para-hydroxylation sites is 2. The third-order valence-corrected chi connectivity index (χ3v) is 15.4. The van der Waals surface area contributed by atoms with Gasteiger partial charge >= 0.3 is 0 Å². The molecule has 0 saturated carbocycles. The van der Waals surface area contributed by atoms with Gasteiger partial charge in [-0.1, -0.05) is 200 Å². The molecule has 14 rings (SSSR count). The molecule has 0 radical (unpaired) electrons. The Bertz CT molecular complexity index is 4110. The van der Waals surface area contributed by atoms with Gasteiger partial charge < -0.3 is 4.57 Å². The van der Waals surface area contributed by atoms with Gasteiger partial charge in [-0.3, -0.25) is 0 Å². The predicted molar refractivity (Wildman–Crippen MR) is 290 cm³/mol. The van der Waals surface area contributed by atoms with Gasteiger partial charge in [0.15, 0.2) is 0 Å². The predicted octanol–water partition coefficient (Wildman–Crippen LogP) is 18.3. The minimum atomic E-state index is 0.854. The summed E-state index contributed by atoms with van der Waals surface area (Å²) < 4.78 is 3.72. The van der Waals surface area contributed by atoms with Crippen LogP contribution < -0.4 is 0 Å². The maximum absolute atomic E-state index is 2.45. The minimum Gasteiger partial charge on any atom is -0.309 e. The molecule has 0 aliphatic heterocycles. The van der Waals surface area contributed by atoms with E-state index in [-0.39, 0.29) is 0 Å². The Morgan fingerprint density at radius 3 is 1.40 bits per heavy atom. The Hall–Kier alpha value is -8.30. The first-order valence-corrected chi connectivity index (χ1v) is 24.0. The fraction of sp³-hybridized carbons (Fsp3) is 0.0154. The number of hydrogen-bond donors (Lipinski definition) is 0. The normalized spacial score (nSPS) is 12.7. The Morgan fingerprint density at radius 2 is 0.806 bits per heavy atom. The van der Waals surface area contributed by atoms with Crippen LogP contribution in [-0.2, 0) is 6.42 Å². The van der Waals surface area contributed by atoms with Crippen LogP contribution in [0.25, 0.3) is 126 Å². The van der Waals surface area contributed by atoms with Crippen LogP contribution in [0, 0.1) is 0 Å². The molecule has 0 amide bonds. The Balaban J connectivity index is 0.909. The monoisotopic (exact) mass is 867 g/mol. The summed E-state index contributed by atoms with van der Waals surface area (Å²) in [6.07, 6.45) is 7.86. The number of nitrogens with zero attached hydrogens (tertiary/aromatic N) is 1. The van der Waals surface area contributed by atoms with Gasteiger partial charge in [-0.25, -0.2) is 0 Å². The lowest BCUT2D eigenvalue weighted by Gasteiger charge is -2.19. The van der Waals surface area contributed by atoms with Crippen molar-refractivity contribution >= 4 is 98.0 Å². The van der Waals surface area contributed by atoms with E-state index in [2.05, 4.69) is 241 Å². The molecule has 1 aliphatic rings. The van der Waals surface area contributed by atoms with E-state index in [9.17, 15) is 0 Å². The summed E-state index contributed by atoms with van der Waals surface area (Å²) in [5, 5.41) is 14.1. The van der Waals surface area contributed by atoms with Gasteiger partial charge in [-0.15, -0.1) is 11.3 Å². The highest BCUT2D eigenvalue weighted by atomic mass is 32.1. The van der Waals surface area contributed by atoms with Crippen LogP contribution in [0.4, 0.5) is 0 Å². The highest BCUT2D eigenvalue weighted by molar-refractivity contribution is 7.19. The smallest absolute Gasteiger partial charge is 0.0541 e. The highest BCUT2D eigenvalue weighted by Gasteiger charge is 2.23. The van der Waals surface area contributed by atoms with Crippen molar-refractivity contribution in [1.82, 2.24) is 4.57 Å². The summed E-state index contributed by atoms with van der Waals surface area (Å²) >= 11 is 1.95. The van der Waals surface area contributed by atoms with E-state index in [1.807, 2.05) is 11.3 Å². The molecule has 0 fully saturated rings. The molecule has 0 saturated heterocycles. The SMILES string of the molecule is C1=Cc2c(sc3cc(-c4c5ccccc5c(-c5ccccc5)c5ccccc45)ccc23)CC(c2c3ccccc3c(-c3ccc4c(c3)c3ccccc3n4-c3ccccc3)c3ccccc23)=C1. The standard InChI is InChI=1S/C65H41NS/c1-3-18-41(19-4-1)62-49-24-7-9-26-51(49)65(52-27-10-8-25-50(52)62)44-34-36-48-47-32-17-20-42(39-60(47)67-61(48)40-44)63-53-28-11-13-30-55(53)64(56-31-14-12-29-54(56)63)43-35-37-59-57(38-43)46-23-15-16-33-58(46)66(59)45-21-5-2-6-22-45/h1-38,40H,39H2. The lowest BCUT2D eigenvalue weighted by molar-refractivity contribution is 1.18. The van der Waals surface area contributed by atoms with E-state index >= 15 is 0 Å². The van der Waals surface area contributed by atoms with Crippen molar-refractivity contribution in [3.05, 3.63) is 247 Å². The summed E-state index contributed by atoms with van der Waals surface area (Å²) in [6, 6.07) is 80.8. The molecule has 0 spiro atoms. The molecule has 2 aromatic heterocycles. The Morgan fingerprint density at radius 1 is 0.343 bits per heavy atom. The van der Waals surface area contributed by atoms with E-state index in [0.717, 1.165) is 6.42 Å². The van der Waals surface area contributed by atoms with Gasteiger partial charge in [0.25, 0.3) is 0 Å². The molecule has 312 valence electrons. The number of aromatic nitrogens is 1. The number of rotatable bonds is 5. The fourth-order valence-corrected chi connectivity index (χ4v) is 12.7. The van der Waals surface area contributed by atoms with Crippen LogP contribution in [0.5, 0.6) is 0 Å². The molecule has 0 unspecified atom stereocenters. The molecule has 0 N–H and O–H groups in total. The van der Waals surface area contributed by atoms with Crippen molar-refractivity contribution in [2.24, 2.45) is 0 Å². The first kappa shape index (κ1) is 38.0. The van der Waals surface area contributed by atoms with Crippen molar-refractivity contribution in [3.63, 3.8) is 0 Å². The number of fused-ring (bicyclic) bond motifs is 10. The zero-order chi connectivity index (χ0) is 44.0. The summed E-state index contributed by atoms with van der Waals surface area (Å²) in [6.45, 7) is 0. The van der Waals surface area contributed by atoms with Gasteiger partial charge in [0.1, 0.15) is 0 Å². The van der Waals surface area contributed by atoms with Crippen molar-refractivity contribution in [1.29, 1.82) is 0 Å². The lowest BCUT2D eigenvalue weighted by atomic mass is 9.84. The minimum absolute atomic E-state index is 0.854. The van der Waals surface area contributed by atoms with Gasteiger partial charge in [0.05, 0.1) is 11.0 Å². The molecular formula is C65H41NS. The molecule has 67 heavy (non-hydrogen) atoms. The van der Waals surface area contributed by atoms with Crippen LogP contribution in [0.15, 0.2) is 231 Å². The second kappa shape index (κ2) is 15.1. The van der Waals surface area contributed by atoms with Crippen LogP contribution in [0.2, 0.25) is 0 Å². The van der Waals surface area contributed by atoms with Gasteiger partial charge in [0.2, 0.25) is 0 Å². The number of benzene rings is 11. The first-order valence-electron chi connectivity index (χ1n) is 23.2. The number of allylic oxidation sites excluding steroid dienone is 3. The van der Waals surface area contributed by atoms with Gasteiger partial charge in [0, 0.05) is 37.8 Å².